The molecule has 3 heterocycles. The van der Waals surface area contributed by atoms with E-state index in [-0.39, 0.29) is 25.0 Å². The van der Waals surface area contributed by atoms with Gasteiger partial charge in [-0.3, -0.25) is 9.59 Å². The van der Waals surface area contributed by atoms with Gasteiger partial charge in [0.15, 0.2) is 11.5 Å². The van der Waals surface area contributed by atoms with E-state index in [9.17, 15) is 9.59 Å². The quantitative estimate of drug-likeness (QED) is 0.663. The summed E-state index contributed by atoms with van der Waals surface area (Å²) in [5.74, 6) is 0.948. The van der Waals surface area contributed by atoms with E-state index >= 15 is 0 Å². The van der Waals surface area contributed by atoms with Crippen LogP contribution in [0.15, 0.2) is 42.5 Å². The van der Waals surface area contributed by atoms with E-state index in [2.05, 4.69) is 16.4 Å². The number of carbonyl (C=O) groups is 2. The van der Waals surface area contributed by atoms with Crippen molar-refractivity contribution in [3.63, 3.8) is 0 Å². The molecule has 0 radical (unpaired) electrons. The Bertz CT molecular complexity index is 1210. The summed E-state index contributed by atoms with van der Waals surface area (Å²) in [5.41, 5.74) is 3.40. The third-order valence-electron chi connectivity index (χ3n) is 5.92. The molecule has 2 aliphatic rings. The van der Waals surface area contributed by atoms with E-state index in [1.165, 1.54) is 0 Å². The Morgan fingerprint density at radius 2 is 1.91 bits per heavy atom. The van der Waals surface area contributed by atoms with Gasteiger partial charge in [0.05, 0.1) is 6.42 Å². The third-order valence-corrected chi connectivity index (χ3v) is 5.92. The molecule has 2 amide bonds. The van der Waals surface area contributed by atoms with Crippen LogP contribution in [0.2, 0.25) is 0 Å². The van der Waals surface area contributed by atoms with Crippen LogP contribution in [0, 0.1) is 0 Å². The number of carbonyl (C=O) groups excluding carboxylic acids is 2. The first-order chi connectivity index (χ1) is 15.3. The van der Waals surface area contributed by atoms with Gasteiger partial charge in [0.2, 0.25) is 18.6 Å². The average Bonchev–Trinajstić information content (AvgIpc) is 3.29. The van der Waals surface area contributed by atoms with Crippen molar-refractivity contribution in [2.75, 3.05) is 13.3 Å². The summed E-state index contributed by atoms with van der Waals surface area (Å²) in [6, 6.07) is 12.8. The zero-order valence-corrected chi connectivity index (χ0v) is 18.5. The molecular formula is C25H27N3O4. The summed E-state index contributed by atoms with van der Waals surface area (Å²) < 4.78 is 11.0. The number of rotatable bonds is 3. The van der Waals surface area contributed by atoms with Crippen LogP contribution in [0.25, 0.3) is 10.9 Å². The second-order valence-electron chi connectivity index (χ2n) is 9.40. The number of aromatic amines is 1. The largest absolute Gasteiger partial charge is 0.454 e. The van der Waals surface area contributed by atoms with Gasteiger partial charge in [0.25, 0.3) is 0 Å². The van der Waals surface area contributed by atoms with Crippen LogP contribution >= 0.6 is 0 Å². The third kappa shape index (κ3) is 3.68. The number of H-pyrrole nitrogens is 1. The normalized spacial score (nSPS) is 16.6. The molecule has 0 saturated heterocycles. The summed E-state index contributed by atoms with van der Waals surface area (Å²) in [4.78, 5) is 32.0. The molecule has 3 aromatic rings. The summed E-state index contributed by atoms with van der Waals surface area (Å²) in [6.07, 6.45) is 0.906. The van der Waals surface area contributed by atoms with E-state index in [0.29, 0.717) is 30.0 Å². The lowest BCUT2D eigenvalue weighted by Crippen LogP contribution is -2.49. The molecule has 0 aliphatic carbocycles. The van der Waals surface area contributed by atoms with Crippen LogP contribution in [0.1, 0.15) is 43.6 Å². The molecule has 0 spiro atoms. The zero-order chi connectivity index (χ0) is 22.5. The van der Waals surface area contributed by atoms with Crippen LogP contribution < -0.4 is 14.8 Å². The number of amides is 2. The number of ether oxygens (including phenoxy) is 2. The zero-order valence-electron chi connectivity index (χ0n) is 18.5. The Hall–Kier alpha value is -3.48. The molecular weight excluding hydrogens is 406 g/mol. The highest BCUT2D eigenvalue weighted by molar-refractivity contribution is 5.92. The number of aromatic nitrogens is 1. The van der Waals surface area contributed by atoms with E-state index in [1.807, 2.05) is 51.1 Å². The van der Waals surface area contributed by atoms with Crippen LogP contribution in [0.4, 0.5) is 0 Å². The topological polar surface area (TPSA) is 83.7 Å². The molecule has 0 bridgehead atoms. The monoisotopic (exact) mass is 433 g/mol. The maximum absolute atomic E-state index is 13.5. The van der Waals surface area contributed by atoms with Gasteiger partial charge in [-0.2, -0.15) is 0 Å². The Morgan fingerprint density at radius 3 is 2.72 bits per heavy atom. The van der Waals surface area contributed by atoms with E-state index in [0.717, 1.165) is 22.2 Å². The molecule has 5 rings (SSSR count). The molecule has 1 atom stereocenters. The minimum Gasteiger partial charge on any atom is -0.454 e. The fourth-order valence-electron chi connectivity index (χ4n) is 4.57. The number of benzene rings is 2. The highest BCUT2D eigenvalue weighted by atomic mass is 16.7. The lowest BCUT2D eigenvalue weighted by molar-refractivity contribution is -0.140. The molecule has 1 aromatic heterocycles. The van der Waals surface area contributed by atoms with Gasteiger partial charge < -0.3 is 24.7 Å². The Labute approximate surface area is 186 Å². The second kappa shape index (κ2) is 7.58. The number of hydrogen-bond acceptors (Lipinski definition) is 4. The molecule has 0 saturated carbocycles. The predicted molar refractivity (Wildman–Crippen MR) is 121 cm³/mol. The molecule has 32 heavy (non-hydrogen) atoms. The molecule has 2 N–H and O–H groups in total. The van der Waals surface area contributed by atoms with Crippen molar-refractivity contribution >= 4 is 22.7 Å². The standard InChI is InChI=1S/C25H27N3O4/c1-25(2,3)27-24(30)23(15-8-9-20-21(12-15)32-14-31-20)28-11-10-17-16-6-4-5-7-18(16)26-19(17)13-22(28)29/h4-9,12,23,26H,10-11,13-14H2,1-3H3,(H,27,30). The van der Waals surface area contributed by atoms with Gasteiger partial charge >= 0.3 is 0 Å². The minimum absolute atomic E-state index is 0.0815. The molecule has 7 heteroatoms. The summed E-state index contributed by atoms with van der Waals surface area (Å²) in [6.45, 7) is 6.40. The van der Waals surface area contributed by atoms with Crippen LogP contribution in [-0.2, 0) is 22.4 Å². The Morgan fingerprint density at radius 1 is 1.12 bits per heavy atom. The molecule has 1 unspecified atom stereocenters. The molecule has 2 aromatic carbocycles. The van der Waals surface area contributed by atoms with E-state index in [4.69, 9.17) is 9.47 Å². The lowest BCUT2D eigenvalue weighted by atomic mass is 10.0. The van der Waals surface area contributed by atoms with Gasteiger partial charge in [-0.1, -0.05) is 24.3 Å². The van der Waals surface area contributed by atoms with Gasteiger partial charge in [-0.15, -0.1) is 0 Å². The highest BCUT2D eigenvalue weighted by Crippen LogP contribution is 2.37. The van der Waals surface area contributed by atoms with Crippen LogP contribution in [-0.4, -0.2) is 40.6 Å². The second-order valence-corrected chi connectivity index (χ2v) is 9.40. The summed E-state index contributed by atoms with van der Waals surface area (Å²) >= 11 is 0. The van der Waals surface area contributed by atoms with Crippen molar-refractivity contribution < 1.29 is 19.1 Å². The number of nitrogens with zero attached hydrogens (tertiary/aromatic N) is 1. The van der Waals surface area contributed by atoms with Gasteiger partial charge in [0, 0.05) is 28.7 Å². The predicted octanol–water partition coefficient (Wildman–Crippen LogP) is 3.48. The first-order valence-corrected chi connectivity index (χ1v) is 10.9. The fourth-order valence-corrected chi connectivity index (χ4v) is 4.57. The van der Waals surface area contributed by atoms with Crippen LogP contribution in [0.3, 0.4) is 0 Å². The van der Waals surface area contributed by atoms with E-state index in [1.54, 1.807) is 11.0 Å². The molecule has 0 fully saturated rings. The van der Waals surface area contributed by atoms with Crippen molar-refractivity contribution in [1.82, 2.24) is 15.2 Å². The van der Waals surface area contributed by atoms with Gasteiger partial charge in [-0.05, 0) is 56.5 Å². The number of nitrogens with one attached hydrogen (secondary N) is 2. The van der Waals surface area contributed by atoms with Crippen molar-refractivity contribution in [2.24, 2.45) is 0 Å². The SMILES string of the molecule is CC(C)(C)NC(=O)C(c1ccc2c(c1)OCO2)N1CCc2c([nH]c3ccccc23)CC1=O. The first kappa shape index (κ1) is 20.4. The summed E-state index contributed by atoms with van der Waals surface area (Å²) in [7, 11) is 0. The van der Waals surface area contributed by atoms with E-state index < -0.39 is 11.6 Å². The summed E-state index contributed by atoms with van der Waals surface area (Å²) in [5, 5.41) is 4.19. The van der Waals surface area contributed by atoms with Crippen molar-refractivity contribution in [1.29, 1.82) is 0 Å². The number of fused-ring (bicyclic) bond motifs is 4. The fraction of sp³-hybridized carbons (Fsp3) is 0.360. The molecule has 166 valence electrons. The van der Waals surface area contributed by atoms with Crippen molar-refractivity contribution in [3.05, 3.63) is 59.3 Å². The van der Waals surface area contributed by atoms with Crippen molar-refractivity contribution in [2.45, 2.75) is 45.2 Å². The first-order valence-electron chi connectivity index (χ1n) is 10.9. The maximum atomic E-state index is 13.5. The number of para-hydroxylation sites is 1. The molecule has 2 aliphatic heterocycles. The van der Waals surface area contributed by atoms with Crippen molar-refractivity contribution in [3.8, 4) is 11.5 Å². The van der Waals surface area contributed by atoms with Crippen LogP contribution in [0.5, 0.6) is 11.5 Å². The lowest BCUT2D eigenvalue weighted by Gasteiger charge is -2.33. The van der Waals surface area contributed by atoms with Gasteiger partial charge in [-0.25, -0.2) is 0 Å². The van der Waals surface area contributed by atoms with Gasteiger partial charge in [0.1, 0.15) is 6.04 Å². The average molecular weight is 434 g/mol. The Kier molecular flexibility index (Phi) is 4.84. The minimum atomic E-state index is -0.758. The Balaban J connectivity index is 1.52. The maximum Gasteiger partial charge on any atom is 0.247 e. The smallest absolute Gasteiger partial charge is 0.247 e. The number of hydrogen-bond donors (Lipinski definition) is 2. The highest BCUT2D eigenvalue weighted by Gasteiger charge is 2.36. The molecule has 7 nitrogen and oxygen atoms in total.